The van der Waals surface area contributed by atoms with Crippen LogP contribution in [-0.2, 0) is 9.16 Å². The number of aliphatic hydroxyl groups excluding tert-OH is 1. The van der Waals surface area contributed by atoms with Crippen LogP contribution in [0.1, 0.15) is 40.5 Å². The minimum Gasteiger partial charge on any atom is -0.417 e. The van der Waals surface area contributed by atoms with Crippen molar-refractivity contribution in [2.75, 3.05) is 6.61 Å². The number of aliphatic hydroxyl groups is 1. The summed E-state index contributed by atoms with van der Waals surface area (Å²) in [6.45, 7) is 13.9. The van der Waals surface area contributed by atoms with Gasteiger partial charge in [0, 0.05) is 6.61 Å². The van der Waals surface area contributed by atoms with Gasteiger partial charge in [-0.05, 0) is 37.9 Å². The van der Waals surface area contributed by atoms with Gasteiger partial charge in [-0.15, -0.1) is 0 Å². The number of hydrogen-bond acceptors (Lipinski definition) is 3. The summed E-state index contributed by atoms with van der Waals surface area (Å²) in [7, 11) is -1.59. The molecule has 1 heterocycles. The highest BCUT2D eigenvalue weighted by atomic mass is 28.4. The van der Waals surface area contributed by atoms with Gasteiger partial charge in [-0.1, -0.05) is 20.8 Å². The van der Waals surface area contributed by atoms with Crippen LogP contribution in [0, 0.1) is 0 Å². The van der Waals surface area contributed by atoms with Gasteiger partial charge in [-0.2, -0.15) is 0 Å². The highest BCUT2D eigenvalue weighted by Crippen LogP contribution is 2.37. The predicted molar refractivity (Wildman–Crippen MR) is 72.7 cm³/mol. The number of ether oxygens (including phenoxy) is 1. The lowest BCUT2D eigenvalue weighted by Crippen LogP contribution is -2.41. The Hall–Kier alpha value is 0.0969. The maximum atomic E-state index is 9.31. The summed E-state index contributed by atoms with van der Waals surface area (Å²) in [5.41, 5.74) is 0. The number of hydrogen-bond donors (Lipinski definition) is 1. The first-order chi connectivity index (χ1) is 7.65. The molecule has 1 rings (SSSR count). The Labute approximate surface area is 107 Å². The van der Waals surface area contributed by atoms with Gasteiger partial charge >= 0.3 is 0 Å². The zero-order chi connectivity index (χ0) is 13.3. The minimum atomic E-state index is -1.59. The highest BCUT2D eigenvalue weighted by molar-refractivity contribution is 6.74. The lowest BCUT2D eigenvalue weighted by atomic mass is 10.1. The highest BCUT2D eigenvalue weighted by Gasteiger charge is 2.42. The van der Waals surface area contributed by atoms with Crippen molar-refractivity contribution in [3.05, 3.63) is 0 Å². The van der Waals surface area contributed by atoms with E-state index < -0.39 is 8.32 Å². The molecule has 0 aliphatic carbocycles. The van der Waals surface area contributed by atoms with E-state index in [4.69, 9.17) is 9.16 Å². The number of epoxide rings is 1. The summed E-state index contributed by atoms with van der Waals surface area (Å²) in [6, 6.07) is 0. The van der Waals surface area contributed by atoms with Crippen molar-refractivity contribution in [1.82, 2.24) is 0 Å². The fraction of sp³-hybridized carbons (Fsp3) is 1.00. The first-order valence-corrected chi connectivity index (χ1v) is 9.53. The zero-order valence-corrected chi connectivity index (χ0v) is 13.1. The van der Waals surface area contributed by atoms with Crippen molar-refractivity contribution < 1.29 is 14.3 Å². The maximum Gasteiger partial charge on any atom is 0.191 e. The molecule has 0 aromatic heterocycles. The molecular weight excluding hydrogens is 232 g/mol. The molecule has 0 unspecified atom stereocenters. The molecule has 0 radical (unpaired) electrons. The second kappa shape index (κ2) is 5.39. The first-order valence-electron chi connectivity index (χ1n) is 6.62. The largest absolute Gasteiger partial charge is 0.417 e. The molecule has 0 spiro atoms. The standard InChI is InChI=1S/C13H28O3Si/c1-10(14)12-11(16-12)8-7-9-15-17(5,6)13(2,3)4/h10-12,14H,7-9H2,1-6H3/t10-,11-,12+/m0/s1. The van der Waals surface area contributed by atoms with Gasteiger partial charge in [0.05, 0.1) is 12.2 Å². The third kappa shape index (κ3) is 4.36. The molecule has 0 aromatic carbocycles. The van der Waals surface area contributed by atoms with Crippen LogP contribution < -0.4 is 0 Å². The van der Waals surface area contributed by atoms with Gasteiger partial charge in [0.25, 0.3) is 0 Å². The van der Waals surface area contributed by atoms with Crippen LogP contribution >= 0.6 is 0 Å². The van der Waals surface area contributed by atoms with E-state index in [2.05, 4.69) is 33.9 Å². The average molecular weight is 260 g/mol. The SMILES string of the molecule is C[C@H](O)[C@H]1O[C@H]1CCCO[Si](C)(C)C(C)(C)C. The van der Waals surface area contributed by atoms with E-state index >= 15 is 0 Å². The first kappa shape index (κ1) is 15.2. The molecule has 1 aliphatic rings. The van der Waals surface area contributed by atoms with Crippen molar-refractivity contribution in [3.63, 3.8) is 0 Å². The van der Waals surface area contributed by atoms with E-state index in [9.17, 15) is 5.11 Å². The van der Waals surface area contributed by atoms with Gasteiger partial charge in [-0.25, -0.2) is 0 Å². The van der Waals surface area contributed by atoms with Crippen molar-refractivity contribution in [3.8, 4) is 0 Å². The molecule has 1 N–H and O–H groups in total. The van der Waals surface area contributed by atoms with Crippen molar-refractivity contribution >= 4 is 8.32 Å². The molecule has 4 heteroatoms. The van der Waals surface area contributed by atoms with Crippen LogP contribution in [0.5, 0.6) is 0 Å². The predicted octanol–water partition coefficient (Wildman–Crippen LogP) is 2.94. The molecule has 102 valence electrons. The minimum absolute atomic E-state index is 0.0721. The fourth-order valence-corrected chi connectivity index (χ4v) is 2.73. The van der Waals surface area contributed by atoms with Crippen LogP contribution in [-0.4, -0.2) is 38.3 Å². The Bertz CT molecular complexity index is 246. The molecule has 0 amide bonds. The van der Waals surface area contributed by atoms with Gasteiger partial charge in [0.2, 0.25) is 0 Å². The summed E-state index contributed by atoms with van der Waals surface area (Å²) in [5.74, 6) is 0. The number of rotatable bonds is 6. The Morgan fingerprint density at radius 3 is 2.35 bits per heavy atom. The average Bonchev–Trinajstić information content (AvgIpc) is 2.89. The molecule has 0 saturated carbocycles. The third-order valence-corrected chi connectivity index (χ3v) is 8.54. The maximum absolute atomic E-state index is 9.31. The van der Waals surface area contributed by atoms with Crippen molar-refractivity contribution in [2.45, 2.75) is 77.0 Å². The van der Waals surface area contributed by atoms with E-state index in [1.54, 1.807) is 6.92 Å². The molecule has 1 aliphatic heterocycles. The Kier molecular flexibility index (Phi) is 4.80. The van der Waals surface area contributed by atoms with E-state index in [0.29, 0.717) is 0 Å². The summed E-state index contributed by atoms with van der Waals surface area (Å²) >= 11 is 0. The third-order valence-electron chi connectivity index (χ3n) is 4.00. The van der Waals surface area contributed by atoms with E-state index in [0.717, 1.165) is 19.4 Å². The Morgan fingerprint density at radius 1 is 1.35 bits per heavy atom. The Balaban J connectivity index is 2.13. The summed E-state index contributed by atoms with van der Waals surface area (Å²) in [4.78, 5) is 0. The molecular formula is C13H28O3Si. The molecule has 3 atom stereocenters. The molecule has 17 heavy (non-hydrogen) atoms. The van der Waals surface area contributed by atoms with Crippen LogP contribution in [0.25, 0.3) is 0 Å². The molecule has 1 fully saturated rings. The normalized spacial score (nSPS) is 27.0. The van der Waals surface area contributed by atoms with Gasteiger partial charge in [-0.3, -0.25) is 0 Å². The molecule has 0 aromatic rings. The van der Waals surface area contributed by atoms with Crippen LogP contribution in [0.3, 0.4) is 0 Å². The second-order valence-corrected chi connectivity index (χ2v) is 11.4. The zero-order valence-electron chi connectivity index (χ0n) is 12.1. The lowest BCUT2D eigenvalue weighted by molar-refractivity contribution is 0.152. The van der Waals surface area contributed by atoms with Crippen LogP contribution in [0.4, 0.5) is 0 Å². The van der Waals surface area contributed by atoms with Crippen molar-refractivity contribution in [2.24, 2.45) is 0 Å². The van der Waals surface area contributed by atoms with Crippen LogP contribution in [0.2, 0.25) is 18.1 Å². The molecule has 3 nitrogen and oxygen atoms in total. The van der Waals surface area contributed by atoms with E-state index in [-0.39, 0.29) is 23.4 Å². The van der Waals surface area contributed by atoms with Crippen molar-refractivity contribution in [1.29, 1.82) is 0 Å². The van der Waals surface area contributed by atoms with Gasteiger partial charge in [0.1, 0.15) is 6.10 Å². The lowest BCUT2D eigenvalue weighted by Gasteiger charge is -2.36. The monoisotopic (exact) mass is 260 g/mol. The Morgan fingerprint density at radius 2 is 1.94 bits per heavy atom. The molecule has 1 saturated heterocycles. The summed E-state index contributed by atoms with van der Waals surface area (Å²) in [6.07, 6.45) is 2.03. The topological polar surface area (TPSA) is 42.0 Å². The molecule has 0 bridgehead atoms. The quantitative estimate of drug-likeness (QED) is 0.453. The smallest absolute Gasteiger partial charge is 0.191 e. The van der Waals surface area contributed by atoms with Gasteiger partial charge < -0.3 is 14.3 Å². The van der Waals surface area contributed by atoms with Crippen LogP contribution in [0.15, 0.2) is 0 Å². The van der Waals surface area contributed by atoms with Gasteiger partial charge in [0.15, 0.2) is 8.32 Å². The summed E-state index contributed by atoms with van der Waals surface area (Å²) < 4.78 is 11.5. The fourth-order valence-electron chi connectivity index (χ4n) is 1.64. The van der Waals surface area contributed by atoms with E-state index in [1.807, 2.05) is 0 Å². The second-order valence-electron chi connectivity index (χ2n) is 6.63. The summed E-state index contributed by atoms with van der Waals surface area (Å²) in [5, 5.41) is 9.59. The van der Waals surface area contributed by atoms with E-state index in [1.165, 1.54) is 0 Å².